The second kappa shape index (κ2) is 6.70. The van der Waals surface area contributed by atoms with Crippen LogP contribution in [-0.4, -0.2) is 44.0 Å². The van der Waals surface area contributed by atoms with Gasteiger partial charge in [0.2, 0.25) is 15.9 Å². The van der Waals surface area contributed by atoms with Crippen molar-refractivity contribution in [3.05, 3.63) is 0 Å². The summed E-state index contributed by atoms with van der Waals surface area (Å²) < 4.78 is 25.1. The van der Waals surface area contributed by atoms with Crippen molar-refractivity contribution in [3.8, 4) is 0 Å². The number of rotatable bonds is 4. The Labute approximate surface area is 115 Å². The molecule has 0 unspecified atom stereocenters. The Bertz CT molecular complexity index is 402. The van der Waals surface area contributed by atoms with E-state index in [2.05, 4.69) is 5.32 Å². The van der Waals surface area contributed by atoms with E-state index in [1.165, 1.54) is 10.7 Å². The van der Waals surface area contributed by atoms with Crippen LogP contribution in [0.15, 0.2) is 0 Å². The lowest BCUT2D eigenvalue weighted by Gasteiger charge is -2.27. The van der Waals surface area contributed by atoms with E-state index in [4.69, 9.17) is 0 Å². The number of amides is 1. The van der Waals surface area contributed by atoms with Crippen LogP contribution in [0.25, 0.3) is 0 Å². The topological polar surface area (TPSA) is 66.5 Å². The van der Waals surface area contributed by atoms with Crippen LogP contribution in [0.5, 0.6) is 0 Å². The normalized spacial score (nSPS) is 25.1. The van der Waals surface area contributed by atoms with Crippen LogP contribution in [0.2, 0.25) is 0 Å². The maximum Gasteiger partial charge on any atom is 0.223 e. The van der Waals surface area contributed by atoms with Crippen LogP contribution in [0.4, 0.5) is 0 Å². The monoisotopic (exact) mass is 288 g/mol. The number of hydrogen-bond donors (Lipinski definition) is 1. The van der Waals surface area contributed by atoms with E-state index in [1.807, 2.05) is 0 Å². The van der Waals surface area contributed by atoms with Crippen molar-refractivity contribution >= 4 is 15.9 Å². The van der Waals surface area contributed by atoms with Crippen LogP contribution < -0.4 is 5.32 Å². The standard InChI is InChI=1S/C13H24N2O3S/c16-13(12-6-2-1-3-7-12)14-8-10-15-9-4-5-11-19(15,17)18/h12H,1-11H2,(H,14,16). The Morgan fingerprint density at radius 3 is 2.53 bits per heavy atom. The summed E-state index contributed by atoms with van der Waals surface area (Å²) >= 11 is 0. The Morgan fingerprint density at radius 2 is 1.84 bits per heavy atom. The third-order valence-corrected chi connectivity index (χ3v) is 6.05. The Morgan fingerprint density at radius 1 is 1.11 bits per heavy atom. The first-order valence-electron chi connectivity index (χ1n) is 7.35. The zero-order chi connectivity index (χ0) is 13.7. The van der Waals surface area contributed by atoms with Crippen molar-refractivity contribution < 1.29 is 13.2 Å². The highest BCUT2D eigenvalue weighted by molar-refractivity contribution is 7.89. The number of carbonyl (C=O) groups is 1. The quantitative estimate of drug-likeness (QED) is 0.842. The Balaban J connectivity index is 1.72. The average molecular weight is 288 g/mol. The van der Waals surface area contributed by atoms with Gasteiger partial charge in [0.25, 0.3) is 0 Å². The molecular weight excluding hydrogens is 264 g/mol. The molecule has 110 valence electrons. The zero-order valence-corrected chi connectivity index (χ0v) is 12.3. The van der Waals surface area contributed by atoms with Crippen LogP contribution >= 0.6 is 0 Å². The third kappa shape index (κ3) is 4.18. The van der Waals surface area contributed by atoms with E-state index in [0.717, 1.165) is 38.5 Å². The molecular formula is C13H24N2O3S. The molecule has 1 aliphatic carbocycles. The molecule has 2 aliphatic rings. The van der Waals surface area contributed by atoms with E-state index in [0.29, 0.717) is 19.6 Å². The molecule has 2 fully saturated rings. The van der Waals surface area contributed by atoms with Crippen LogP contribution in [0.3, 0.4) is 0 Å². The van der Waals surface area contributed by atoms with Gasteiger partial charge in [0.05, 0.1) is 5.75 Å². The number of hydrogen-bond acceptors (Lipinski definition) is 3. The molecule has 1 heterocycles. The van der Waals surface area contributed by atoms with Gasteiger partial charge < -0.3 is 5.32 Å². The number of carbonyl (C=O) groups excluding carboxylic acids is 1. The largest absolute Gasteiger partial charge is 0.355 e. The lowest BCUT2D eigenvalue weighted by molar-refractivity contribution is -0.125. The third-order valence-electron chi connectivity index (χ3n) is 4.09. The van der Waals surface area contributed by atoms with Gasteiger partial charge in [-0.3, -0.25) is 4.79 Å². The molecule has 6 heteroatoms. The van der Waals surface area contributed by atoms with Crippen molar-refractivity contribution in [2.24, 2.45) is 5.92 Å². The molecule has 0 spiro atoms. The van der Waals surface area contributed by atoms with Gasteiger partial charge in [0.15, 0.2) is 0 Å². The predicted molar refractivity (Wildman–Crippen MR) is 74.2 cm³/mol. The zero-order valence-electron chi connectivity index (χ0n) is 11.4. The van der Waals surface area contributed by atoms with Crippen molar-refractivity contribution in [2.75, 3.05) is 25.4 Å². The van der Waals surface area contributed by atoms with E-state index in [9.17, 15) is 13.2 Å². The molecule has 0 aromatic rings. The van der Waals surface area contributed by atoms with Crippen LogP contribution in [-0.2, 0) is 14.8 Å². The molecule has 1 aliphatic heterocycles. The van der Waals surface area contributed by atoms with Gasteiger partial charge in [-0.2, -0.15) is 0 Å². The van der Waals surface area contributed by atoms with Gasteiger partial charge in [-0.25, -0.2) is 12.7 Å². The molecule has 0 radical (unpaired) electrons. The van der Waals surface area contributed by atoms with Gasteiger partial charge in [-0.05, 0) is 25.7 Å². The molecule has 0 atom stereocenters. The van der Waals surface area contributed by atoms with E-state index >= 15 is 0 Å². The maximum atomic E-state index is 11.9. The smallest absolute Gasteiger partial charge is 0.223 e. The summed E-state index contributed by atoms with van der Waals surface area (Å²) in [7, 11) is -3.06. The summed E-state index contributed by atoms with van der Waals surface area (Å²) in [5, 5.41) is 2.89. The van der Waals surface area contributed by atoms with Crippen molar-refractivity contribution in [1.29, 1.82) is 0 Å². The van der Waals surface area contributed by atoms with Crippen molar-refractivity contribution in [2.45, 2.75) is 44.9 Å². The van der Waals surface area contributed by atoms with Gasteiger partial charge >= 0.3 is 0 Å². The first-order chi connectivity index (χ1) is 9.09. The van der Waals surface area contributed by atoms with Gasteiger partial charge in [0.1, 0.15) is 0 Å². The molecule has 0 aromatic heterocycles. The van der Waals surface area contributed by atoms with Crippen LogP contribution in [0.1, 0.15) is 44.9 Å². The highest BCUT2D eigenvalue weighted by Gasteiger charge is 2.26. The first-order valence-corrected chi connectivity index (χ1v) is 8.96. The fourth-order valence-corrected chi connectivity index (χ4v) is 4.51. The lowest BCUT2D eigenvalue weighted by Crippen LogP contribution is -2.43. The first kappa shape index (κ1) is 14.8. The Kier molecular flexibility index (Phi) is 5.21. The second-order valence-electron chi connectivity index (χ2n) is 5.55. The fraction of sp³-hybridized carbons (Fsp3) is 0.923. The molecule has 1 saturated carbocycles. The minimum absolute atomic E-state index is 0.106. The predicted octanol–water partition coefficient (Wildman–Crippen LogP) is 1.11. The highest BCUT2D eigenvalue weighted by Crippen LogP contribution is 2.23. The van der Waals surface area contributed by atoms with E-state index in [-0.39, 0.29) is 17.6 Å². The van der Waals surface area contributed by atoms with Crippen molar-refractivity contribution in [1.82, 2.24) is 9.62 Å². The van der Waals surface area contributed by atoms with Gasteiger partial charge in [-0.1, -0.05) is 19.3 Å². The molecule has 0 bridgehead atoms. The molecule has 0 aromatic carbocycles. The maximum absolute atomic E-state index is 11.9. The number of nitrogens with one attached hydrogen (secondary N) is 1. The minimum atomic E-state index is -3.06. The molecule has 19 heavy (non-hydrogen) atoms. The molecule has 1 N–H and O–H groups in total. The van der Waals surface area contributed by atoms with E-state index < -0.39 is 10.0 Å². The lowest BCUT2D eigenvalue weighted by atomic mass is 9.89. The van der Waals surface area contributed by atoms with Crippen LogP contribution in [0, 0.1) is 5.92 Å². The highest BCUT2D eigenvalue weighted by atomic mass is 32.2. The number of sulfonamides is 1. The molecule has 2 rings (SSSR count). The summed E-state index contributed by atoms with van der Waals surface area (Å²) in [6.07, 6.45) is 7.15. The summed E-state index contributed by atoms with van der Waals surface area (Å²) in [5.74, 6) is 0.504. The number of nitrogens with zero attached hydrogens (tertiary/aromatic N) is 1. The SMILES string of the molecule is O=C(NCCN1CCCCS1(=O)=O)C1CCCCC1. The molecule has 5 nitrogen and oxygen atoms in total. The fourth-order valence-electron chi connectivity index (χ4n) is 2.90. The summed E-state index contributed by atoms with van der Waals surface area (Å²) in [6, 6.07) is 0. The van der Waals surface area contributed by atoms with E-state index in [1.54, 1.807) is 0 Å². The van der Waals surface area contributed by atoms with Gasteiger partial charge in [0, 0.05) is 25.6 Å². The summed E-state index contributed by atoms with van der Waals surface area (Å²) in [4.78, 5) is 11.9. The second-order valence-corrected chi connectivity index (χ2v) is 7.64. The molecule has 1 saturated heterocycles. The van der Waals surface area contributed by atoms with Crippen molar-refractivity contribution in [3.63, 3.8) is 0 Å². The average Bonchev–Trinajstić information content (AvgIpc) is 2.41. The summed E-state index contributed by atoms with van der Waals surface area (Å²) in [5.41, 5.74) is 0. The summed E-state index contributed by atoms with van der Waals surface area (Å²) in [6.45, 7) is 1.46. The molecule has 1 amide bonds. The minimum Gasteiger partial charge on any atom is -0.355 e. The Hall–Kier alpha value is -0.620. The van der Waals surface area contributed by atoms with Gasteiger partial charge in [-0.15, -0.1) is 0 Å².